The molecule has 3 aromatic carbocycles. The second-order valence-electron chi connectivity index (χ2n) is 7.46. The molecule has 0 fully saturated rings. The Bertz CT molecular complexity index is 1500. The van der Waals surface area contributed by atoms with Crippen LogP contribution in [-0.4, -0.2) is 5.91 Å². The molecule has 33 heavy (non-hydrogen) atoms. The normalized spacial score (nSPS) is 15.8. The van der Waals surface area contributed by atoms with Crippen molar-refractivity contribution in [2.75, 3.05) is 4.90 Å². The Balaban J connectivity index is 1.82. The van der Waals surface area contributed by atoms with E-state index in [1.807, 2.05) is 0 Å². The first kappa shape index (κ1) is 21.2. The third kappa shape index (κ3) is 3.38. The minimum atomic E-state index is -4.67. The standard InChI is InChI=1S/C24H12ClF4NO3/c25-13-8-9-18-16(11-13)21(31)19-20(15-6-1-2-7-17(15)26)30(23(32)22(19)33-18)14-5-3-4-12(10-14)24(27,28)29/h1-11,20H. The topological polar surface area (TPSA) is 50.5 Å². The molecule has 1 aromatic heterocycles. The summed E-state index contributed by atoms with van der Waals surface area (Å²) in [5, 5.41) is 0.317. The molecule has 166 valence electrons. The number of anilines is 1. The maximum absolute atomic E-state index is 14.9. The molecule has 0 saturated carbocycles. The van der Waals surface area contributed by atoms with Gasteiger partial charge in [0.25, 0.3) is 5.91 Å². The van der Waals surface area contributed by atoms with Crippen LogP contribution in [0.5, 0.6) is 0 Å². The average Bonchev–Trinajstić information content (AvgIpc) is 3.06. The predicted octanol–water partition coefficient (Wildman–Crippen LogP) is 6.35. The smallest absolute Gasteiger partial charge is 0.416 e. The highest BCUT2D eigenvalue weighted by Crippen LogP contribution is 2.43. The van der Waals surface area contributed by atoms with Gasteiger partial charge in [-0.15, -0.1) is 0 Å². The lowest BCUT2D eigenvalue weighted by atomic mass is 9.97. The summed E-state index contributed by atoms with van der Waals surface area (Å²) < 4.78 is 60.6. The third-order valence-corrected chi connectivity index (χ3v) is 5.72. The monoisotopic (exact) mass is 473 g/mol. The molecule has 5 rings (SSSR count). The van der Waals surface area contributed by atoms with Crippen LogP contribution in [0.15, 0.2) is 75.9 Å². The predicted molar refractivity (Wildman–Crippen MR) is 114 cm³/mol. The van der Waals surface area contributed by atoms with Gasteiger partial charge in [-0.25, -0.2) is 4.39 Å². The highest BCUT2D eigenvalue weighted by atomic mass is 35.5. The SMILES string of the molecule is O=C1c2oc3ccc(Cl)cc3c(=O)c2C(c2ccccc2F)N1c1cccc(C(F)(F)F)c1. The zero-order valence-corrected chi connectivity index (χ0v) is 17.2. The van der Waals surface area contributed by atoms with E-state index in [9.17, 15) is 27.2 Å². The fourth-order valence-corrected chi connectivity index (χ4v) is 4.21. The number of amides is 1. The van der Waals surface area contributed by atoms with Gasteiger partial charge in [-0.3, -0.25) is 14.5 Å². The van der Waals surface area contributed by atoms with Gasteiger partial charge in [0.1, 0.15) is 11.4 Å². The summed E-state index contributed by atoms with van der Waals surface area (Å²) in [5.41, 5.74) is -1.92. The number of carbonyl (C=O) groups excluding carboxylic acids is 1. The largest absolute Gasteiger partial charge is 0.450 e. The van der Waals surface area contributed by atoms with Crippen molar-refractivity contribution in [2.24, 2.45) is 0 Å². The number of rotatable bonds is 2. The second kappa shape index (κ2) is 7.45. The maximum Gasteiger partial charge on any atom is 0.416 e. The lowest BCUT2D eigenvalue weighted by molar-refractivity contribution is -0.137. The van der Waals surface area contributed by atoms with Crippen LogP contribution in [0.4, 0.5) is 23.2 Å². The van der Waals surface area contributed by atoms with Crippen LogP contribution in [-0.2, 0) is 6.18 Å². The molecule has 1 aliphatic rings. The first-order valence-corrected chi connectivity index (χ1v) is 10.1. The highest BCUT2D eigenvalue weighted by Gasteiger charge is 2.45. The molecule has 9 heteroatoms. The van der Waals surface area contributed by atoms with Gasteiger partial charge in [0.15, 0.2) is 5.43 Å². The van der Waals surface area contributed by atoms with Gasteiger partial charge in [-0.2, -0.15) is 13.2 Å². The number of alkyl halides is 3. The van der Waals surface area contributed by atoms with Crippen molar-refractivity contribution >= 4 is 34.2 Å². The zero-order valence-electron chi connectivity index (χ0n) is 16.5. The summed E-state index contributed by atoms with van der Waals surface area (Å²) in [5.74, 6) is -1.95. The van der Waals surface area contributed by atoms with Gasteiger partial charge < -0.3 is 4.42 Å². The number of nitrogens with zero attached hydrogens (tertiary/aromatic N) is 1. The van der Waals surface area contributed by atoms with Gasteiger partial charge in [0.2, 0.25) is 5.76 Å². The summed E-state index contributed by atoms with van der Waals surface area (Å²) in [7, 11) is 0. The fraction of sp³-hybridized carbons (Fsp3) is 0.0833. The Kier molecular flexibility index (Phi) is 4.79. The highest BCUT2D eigenvalue weighted by molar-refractivity contribution is 6.31. The Morgan fingerprint density at radius 3 is 2.42 bits per heavy atom. The molecule has 4 aromatic rings. The van der Waals surface area contributed by atoms with Crippen molar-refractivity contribution in [2.45, 2.75) is 12.2 Å². The molecule has 4 nitrogen and oxygen atoms in total. The van der Waals surface area contributed by atoms with Crippen LogP contribution in [0.2, 0.25) is 5.02 Å². The summed E-state index contributed by atoms with van der Waals surface area (Å²) in [6.07, 6.45) is -4.67. The van der Waals surface area contributed by atoms with E-state index >= 15 is 0 Å². The Morgan fingerprint density at radius 2 is 1.70 bits per heavy atom. The van der Waals surface area contributed by atoms with Crippen LogP contribution in [0.25, 0.3) is 11.0 Å². The van der Waals surface area contributed by atoms with Gasteiger partial charge in [-0.05, 0) is 42.5 Å². The zero-order chi connectivity index (χ0) is 23.5. The van der Waals surface area contributed by atoms with E-state index in [4.69, 9.17) is 16.0 Å². The van der Waals surface area contributed by atoms with E-state index in [0.29, 0.717) is 0 Å². The van der Waals surface area contributed by atoms with Gasteiger partial charge in [0, 0.05) is 16.3 Å². The maximum atomic E-state index is 14.9. The van der Waals surface area contributed by atoms with Gasteiger partial charge >= 0.3 is 6.18 Å². The molecule has 1 aliphatic heterocycles. The molecule has 0 bridgehead atoms. The molecule has 1 unspecified atom stereocenters. The van der Waals surface area contributed by atoms with Gasteiger partial charge in [0.05, 0.1) is 22.6 Å². The lowest BCUT2D eigenvalue weighted by Gasteiger charge is -2.26. The van der Waals surface area contributed by atoms with Crippen LogP contribution >= 0.6 is 11.6 Å². The number of hydrogen-bond acceptors (Lipinski definition) is 3. The summed E-state index contributed by atoms with van der Waals surface area (Å²) in [6.45, 7) is 0. The quantitative estimate of drug-likeness (QED) is 0.319. The van der Waals surface area contributed by atoms with Crippen LogP contribution < -0.4 is 10.3 Å². The molecule has 0 saturated heterocycles. The van der Waals surface area contributed by atoms with E-state index in [1.54, 1.807) is 0 Å². The summed E-state index contributed by atoms with van der Waals surface area (Å²) in [4.78, 5) is 27.7. The minimum Gasteiger partial charge on any atom is -0.450 e. The van der Waals surface area contributed by atoms with E-state index in [0.717, 1.165) is 29.2 Å². The number of carbonyl (C=O) groups is 1. The van der Waals surface area contributed by atoms with Crippen molar-refractivity contribution in [3.63, 3.8) is 0 Å². The molecule has 0 aliphatic carbocycles. The van der Waals surface area contributed by atoms with Crippen molar-refractivity contribution in [1.82, 2.24) is 0 Å². The lowest BCUT2D eigenvalue weighted by Crippen LogP contribution is -2.30. The molecular formula is C24H12ClF4NO3. The van der Waals surface area contributed by atoms with E-state index in [-0.39, 0.29) is 38.6 Å². The first-order chi connectivity index (χ1) is 15.7. The molecule has 1 atom stereocenters. The number of hydrogen-bond donors (Lipinski definition) is 0. The summed E-state index contributed by atoms with van der Waals surface area (Å²) >= 11 is 6.01. The van der Waals surface area contributed by atoms with E-state index in [2.05, 4.69) is 0 Å². The van der Waals surface area contributed by atoms with Crippen molar-refractivity contribution in [3.8, 4) is 0 Å². The molecule has 0 N–H and O–H groups in total. The van der Waals surface area contributed by atoms with Gasteiger partial charge in [-0.1, -0.05) is 35.9 Å². The van der Waals surface area contributed by atoms with Crippen LogP contribution in [0, 0.1) is 5.82 Å². The Morgan fingerprint density at radius 1 is 0.939 bits per heavy atom. The van der Waals surface area contributed by atoms with Crippen molar-refractivity contribution < 1.29 is 26.8 Å². The molecule has 2 heterocycles. The van der Waals surface area contributed by atoms with E-state index < -0.39 is 34.9 Å². The minimum absolute atomic E-state index is 0.0595. The first-order valence-electron chi connectivity index (χ1n) is 9.68. The fourth-order valence-electron chi connectivity index (χ4n) is 4.03. The molecule has 0 spiro atoms. The third-order valence-electron chi connectivity index (χ3n) is 5.48. The molecule has 1 amide bonds. The average molecular weight is 474 g/mol. The number of fused-ring (bicyclic) bond motifs is 2. The summed E-state index contributed by atoms with van der Waals surface area (Å²) in [6, 6.07) is 12.4. The van der Waals surface area contributed by atoms with Crippen molar-refractivity contribution in [3.05, 3.63) is 110 Å². The van der Waals surface area contributed by atoms with E-state index in [1.165, 1.54) is 42.5 Å². The van der Waals surface area contributed by atoms with Crippen LogP contribution in [0.1, 0.15) is 33.3 Å². The number of benzene rings is 3. The molecular weight excluding hydrogens is 462 g/mol. The molecule has 0 radical (unpaired) electrons. The Hall–Kier alpha value is -3.65. The van der Waals surface area contributed by atoms with Crippen molar-refractivity contribution in [1.29, 1.82) is 0 Å². The Labute approximate surface area is 188 Å². The number of halogens is 5. The second-order valence-corrected chi connectivity index (χ2v) is 7.90. The van der Waals surface area contributed by atoms with Crippen LogP contribution in [0.3, 0.4) is 0 Å².